The predicted octanol–water partition coefficient (Wildman–Crippen LogP) is 1.92. The van der Waals surface area contributed by atoms with Crippen molar-refractivity contribution in [2.24, 2.45) is 0 Å². The standard InChI is InChI=1S/C15H16N2O3/c1-9-4-5-17(14(18)13(9)15(19)20)8-12-6-10(2)16-11(3)7-12/h4-7H,8H2,1-3H3,(H,19,20). The number of hydrogen-bond acceptors (Lipinski definition) is 3. The fourth-order valence-electron chi connectivity index (χ4n) is 2.26. The summed E-state index contributed by atoms with van der Waals surface area (Å²) in [7, 11) is 0. The number of carboxylic acid groups (broad SMARTS) is 1. The van der Waals surface area contributed by atoms with Crippen molar-refractivity contribution in [3.8, 4) is 0 Å². The number of pyridine rings is 2. The summed E-state index contributed by atoms with van der Waals surface area (Å²) in [5.41, 5.74) is 2.50. The first-order valence-corrected chi connectivity index (χ1v) is 6.26. The van der Waals surface area contributed by atoms with Crippen LogP contribution in [0.3, 0.4) is 0 Å². The highest BCUT2D eigenvalue weighted by molar-refractivity contribution is 5.88. The van der Waals surface area contributed by atoms with Crippen LogP contribution in [-0.4, -0.2) is 20.6 Å². The van der Waals surface area contributed by atoms with Gasteiger partial charge in [-0.15, -0.1) is 0 Å². The van der Waals surface area contributed by atoms with Gasteiger partial charge >= 0.3 is 5.97 Å². The van der Waals surface area contributed by atoms with Gasteiger partial charge in [-0.05, 0) is 50.1 Å². The minimum atomic E-state index is -1.19. The van der Waals surface area contributed by atoms with E-state index < -0.39 is 11.5 Å². The second-order valence-electron chi connectivity index (χ2n) is 4.87. The van der Waals surface area contributed by atoms with Crippen molar-refractivity contribution >= 4 is 5.97 Å². The number of carboxylic acids is 1. The van der Waals surface area contributed by atoms with Crippen LogP contribution < -0.4 is 5.56 Å². The zero-order valence-electron chi connectivity index (χ0n) is 11.7. The quantitative estimate of drug-likeness (QED) is 0.926. The van der Waals surface area contributed by atoms with Crippen LogP contribution in [0.5, 0.6) is 0 Å². The maximum atomic E-state index is 12.2. The third kappa shape index (κ3) is 2.77. The van der Waals surface area contributed by atoms with Crippen molar-refractivity contribution in [3.63, 3.8) is 0 Å². The van der Waals surface area contributed by atoms with Crippen LogP contribution in [0, 0.1) is 20.8 Å². The molecule has 0 amide bonds. The number of nitrogens with zero attached hydrogens (tertiary/aromatic N) is 2. The molecule has 5 heteroatoms. The lowest BCUT2D eigenvalue weighted by Gasteiger charge is -2.09. The molecule has 0 aliphatic rings. The number of aromatic nitrogens is 2. The predicted molar refractivity (Wildman–Crippen MR) is 75.2 cm³/mol. The Morgan fingerprint density at radius 2 is 1.85 bits per heavy atom. The monoisotopic (exact) mass is 272 g/mol. The van der Waals surface area contributed by atoms with Crippen LogP contribution in [-0.2, 0) is 6.54 Å². The molecule has 0 fully saturated rings. The van der Waals surface area contributed by atoms with Crippen LogP contribution in [0.4, 0.5) is 0 Å². The van der Waals surface area contributed by atoms with E-state index in [1.165, 1.54) is 4.57 Å². The van der Waals surface area contributed by atoms with Gasteiger partial charge < -0.3 is 9.67 Å². The van der Waals surface area contributed by atoms with Crippen molar-refractivity contribution in [1.29, 1.82) is 0 Å². The van der Waals surface area contributed by atoms with E-state index in [-0.39, 0.29) is 5.56 Å². The first-order chi connectivity index (χ1) is 9.38. The van der Waals surface area contributed by atoms with Gasteiger partial charge in [-0.1, -0.05) is 0 Å². The number of carbonyl (C=O) groups is 1. The smallest absolute Gasteiger partial charge is 0.341 e. The summed E-state index contributed by atoms with van der Waals surface area (Å²) in [6.07, 6.45) is 1.62. The molecular formula is C15H16N2O3. The molecule has 5 nitrogen and oxygen atoms in total. The van der Waals surface area contributed by atoms with Crippen LogP contribution in [0.15, 0.2) is 29.2 Å². The first-order valence-electron chi connectivity index (χ1n) is 6.26. The molecule has 0 aliphatic heterocycles. The zero-order chi connectivity index (χ0) is 14.9. The van der Waals surface area contributed by atoms with Gasteiger partial charge in [-0.3, -0.25) is 9.78 Å². The highest BCUT2D eigenvalue weighted by Gasteiger charge is 2.14. The van der Waals surface area contributed by atoms with E-state index in [1.54, 1.807) is 19.2 Å². The topological polar surface area (TPSA) is 72.2 Å². The lowest BCUT2D eigenvalue weighted by molar-refractivity contribution is 0.0693. The van der Waals surface area contributed by atoms with E-state index in [9.17, 15) is 9.59 Å². The van der Waals surface area contributed by atoms with Gasteiger partial charge in [-0.25, -0.2) is 4.79 Å². The molecule has 104 valence electrons. The molecule has 0 spiro atoms. The Hall–Kier alpha value is -2.43. The maximum Gasteiger partial charge on any atom is 0.341 e. The average molecular weight is 272 g/mol. The van der Waals surface area contributed by atoms with Crippen molar-refractivity contribution in [1.82, 2.24) is 9.55 Å². The van der Waals surface area contributed by atoms with Gasteiger partial charge in [0, 0.05) is 17.6 Å². The van der Waals surface area contributed by atoms with Crippen LogP contribution in [0.1, 0.15) is 32.9 Å². The molecule has 0 bridgehead atoms. The lowest BCUT2D eigenvalue weighted by Crippen LogP contribution is -2.27. The van der Waals surface area contributed by atoms with Crippen molar-refractivity contribution < 1.29 is 9.90 Å². The average Bonchev–Trinajstić information content (AvgIpc) is 2.31. The Balaban J connectivity index is 2.47. The van der Waals surface area contributed by atoms with E-state index in [1.807, 2.05) is 26.0 Å². The molecule has 1 N–H and O–H groups in total. The second kappa shape index (κ2) is 5.28. The highest BCUT2D eigenvalue weighted by atomic mass is 16.4. The molecule has 2 rings (SSSR count). The Kier molecular flexibility index (Phi) is 3.70. The fourth-order valence-corrected chi connectivity index (χ4v) is 2.26. The molecule has 0 saturated heterocycles. The highest BCUT2D eigenvalue weighted by Crippen LogP contribution is 2.08. The van der Waals surface area contributed by atoms with Crippen LogP contribution in [0.2, 0.25) is 0 Å². The Morgan fingerprint density at radius 3 is 2.40 bits per heavy atom. The Morgan fingerprint density at radius 1 is 1.25 bits per heavy atom. The summed E-state index contributed by atoms with van der Waals surface area (Å²) in [5, 5.41) is 9.10. The zero-order valence-corrected chi connectivity index (χ0v) is 11.7. The first kappa shape index (κ1) is 14.0. The summed E-state index contributed by atoms with van der Waals surface area (Å²) in [6, 6.07) is 5.42. The second-order valence-corrected chi connectivity index (χ2v) is 4.87. The molecular weight excluding hydrogens is 256 g/mol. The lowest BCUT2D eigenvalue weighted by atomic mass is 10.1. The molecule has 0 aliphatic carbocycles. The molecule has 20 heavy (non-hydrogen) atoms. The summed E-state index contributed by atoms with van der Waals surface area (Å²) in [6.45, 7) is 5.73. The third-order valence-electron chi connectivity index (χ3n) is 3.08. The summed E-state index contributed by atoms with van der Waals surface area (Å²) in [4.78, 5) is 27.6. The van der Waals surface area contributed by atoms with Gasteiger partial charge in [0.25, 0.3) is 5.56 Å². The van der Waals surface area contributed by atoms with Crippen molar-refractivity contribution in [2.45, 2.75) is 27.3 Å². The number of hydrogen-bond donors (Lipinski definition) is 1. The molecule has 0 atom stereocenters. The summed E-state index contributed by atoms with van der Waals surface area (Å²) < 4.78 is 1.41. The molecule has 0 saturated carbocycles. The summed E-state index contributed by atoms with van der Waals surface area (Å²) in [5.74, 6) is -1.19. The van der Waals surface area contributed by atoms with E-state index in [0.717, 1.165) is 17.0 Å². The maximum absolute atomic E-state index is 12.2. The third-order valence-corrected chi connectivity index (χ3v) is 3.08. The van der Waals surface area contributed by atoms with E-state index in [2.05, 4.69) is 4.98 Å². The largest absolute Gasteiger partial charge is 0.477 e. The van der Waals surface area contributed by atoms with Crippen molar-refractivity contribution in [3.05, 3.63) is 62.8 Å². The van der Waals surface area contributed by atoms with Gasteiger partial charge in [0.05, 0.1) is 6.54 Å². The van der Waals surface area contributed by atoms with Gasteiger partial charge in [0.2, 0.25) is 0 Å². The van der Waals surface area contributed by atoms with Gasteiger partial charge in [-0.2, -0.15) is 0 Å². The molecule has 0 aromatic carbocycles. The molecule has 0 radical (unpaired) electrons. The Labute approximate surface area is 116 Å². The molecule has 0 unspecified atom stereocenters. The Bertz CT molecular complexity index is 712. The van der Waals surface area contributed by atoms with Crippen LogP contribution in [0.25, 0.3) is 0 Å². The molecule has 2 aromatic heterocycles. The van der Waals surface area contributed by atoms with E-state index in [0.29, 0.717) is 12.1 Å². The number of aryl methyl sites for hydroxylation is 3. The minimum absolute atomic E-state index is 0.171. The number of rotatable bonds is 3. The van der Waals surface area contributed by atoms with Gasteiger partial charge in [0.15, 0.2) is 0 Å². The summed E-state index contributed by atoms with van der Waals surface area (Å²) >= 11 is 0. The fraction of sp³-hybridized carbons (Fsp3) is 0.267. The van der Waals surface area contributed by atoms with Crippen LogP contribution >= 0.6 is 0 Å². The van der Waals surface area contributed by atoms with E-state index >= 15 is 0 Å². The normalized spacial score (nSPS) is 10.6. The molecule has 2 aromatic rings. The molecule has 2 heterocycles. The number of aromatic carboxylic acids is 1. The SMILES string of the molecule is Cc1cc(Cn2ccc(C)c(C(=O)O)c2=O)cc(C)n1. The minimum Gasteiger partial charge on any atom is -0.477 e. The van der Waals surface area contributed by atoms with Gasteiger partial charge in [0.1, 0.15) is 5.56 Å². The van der Waals surface area contributed by atoms with E-state index in [4.69, 9.17) is 5.11 Å². The van der Waals surface area contributed by atoms with Crippen molar-refractivity contribution in [2.75, 3.05) is 0 Å².